The van der Waals surface area contributed by atoms with Crippen molar-refractivity contribution in [3.63, 3.8) is 0 Å². The second kappa shape index (κ2) is 4.68. The maximum Gasteiger partial charge on any atom is 0.233 e. The lowest BCUT2D eigenvalue weighted by Crippen LogP contribution is -2.30. The molecule has 0 aliphatic rings. The molecule has 1 aromatic heterocycles. The van der Waals surface area contributed by atoms with Crippen molar-refractivity contribution in [3.05, 3.63) is 22.8 Å². The zero-order valence-corrected chi connectivity index (χ0v) is 10.4. The molecule has 0 saturated heterocycles. The van der Waals surface area contributed by atoms with Crippen molar-refractivity contribution in [1.82, 2.24) is 4.98 Å². The summed E-state index contributed by atoms with van der Waals surface area (Å²) in [7, 11) is -3.44. The Hall–Kier alpha value is -1.32. The number of pyridine rings is 1. The van der Waals surface area contributed by atoms with Gasteiger partial charge >= 0.3 is 0 Å². The van der Waals surface area contributed by atoms with Gasteiger partial charge in [0.15, 0.2) is 5.82 Å². The Morgan fingerprint density at radius 3 is 2.69 bits per heavy atom. The first-order chi connectivity index (χ1) is 7.40. The van der Waals surface area contributed by atoms with Gasteiger partial charge in [0.25, 0.3) is 0 Å². The zero-order chi connectivity index (χ0) is 12.3. The van der Waals surface area contributed by atoms with E-state index in [0.717, 1.165) is 10.6 Å². The Morgan fingerprint density at radius 2 is 2.25 bits per heavy atom. The van der Waals surface area contributed by atoms with Gasteiger partial charge in [-0.1, -0.05) is 11.6 Å². The van der Waals surface area contributed by atoms with E-state index < -0.39 is 10.0 Å². The summed E-state index contributed by atoms with van der Waals surface area (Å²) in [5, 5.41) is 9.18. The van der Waals surface area contributed by atoms with E-state index in [1.54, 1.807) is 6.92 Å². The van der Waals surface area contributed by atoms with Crippen LogP contribution in [0.3, 0.4) is 0 Å². The minimum Gasteiger partial charge on any atom is -0.253 e. The first-order valence-electron chi connectivity index (χ1n) is 4.43. The number of nitrogens with zero attached hydrogens (tertiary/aromatic N) is 3. The fraction of sp³-hybridized carbons (Fsp3) is 0.333. The van der Waals surface area contributed by atoms with Gasteiger partial charge in [-0.3, -0.25) is 4.31 Å². The minimum absolute atomic E-state index is 0.108. The standard InChI is InChI=1S/C9H10ClN3O2S/c1-3-13(16(2,14)15)9-7(5-11)4-8(10)6-12-9/h4,6H,3H2,1-2H3. The predicted octanol–water partition coefficient (Wildman–Crippen LogP) is 1.39. The summed E-state index contributed by atoms with van der Waals surface area (Å²) in [4.78, 5) is 3.88. The lowest BCUT2D eigenvalue weighted by molar-refractivity contribution is 0.597. The number of hydrogen-bond donors (Lipinski definition) is 0. The largest absolute Gasteiger partial charge is 0.253 e. The molecule has 0 saturated carbocycles. The molecular formula is C9H10ClN3O2S. The van der Waals surface area contributed by atoms with Gasteiger partial charge in [-0.25, -0.2) is 13.4 Å². The highest BCUT2D eigenvalue weighted by atomic mass is 35.5. The van der Waals surface area contributed by atoms with E-state index in [4.69, 9.17) is 16.9 Å². The van der Waals surface area contributed by atoms with Gasteiger partial charge in [0.1, 0.15) is 6.07 Å². The van der Waals surface area contributed by atoms with Crippen LogP contribution in [-0.4, -0.2) is 26.2 Å². The molecule has 0 N–H and O–H groups in total. The third kappa shape index (κ3) is 2.62. The molecule has 1 aromatic rings. The number of halogens is 1. The molecule has 0 aromatic carbocycles. The van der Waals surface area contributed by atoms with Crippen molar-refractivity contribution < 1.29 is 8.42 Å². The van der Waals surface area contributed by atoms with Gasteiger partial charge in [0.2, 0.25) is 10.0 Å². The second-order valence-corrected chi connectivity index (χ2v) is 5.41. The Morgan fingerprint density at radius 1 is 1.62 bits per heavy atom. The van der Waals surface area contributed by atoms with Crippen LogP contribution >= 0.6 is 11.6 Å². The van der Waals surface area contributed by atoms with E-state index in [1.165, 1.54) is 12.3 Å². The number of hydrogen-bond acceptors (Lipinski definition) is 4. The second-order valence-electron chi connectivity index (χ2n) is 3.06. The van der Waals surface area contributed by atoms with E-state index in [2.05, 4.69) is 4.98 Å². The zero-order valence-electron chi connectivity index (χ0n) is 8.81. The van der Waals surface area contributed by atoms with Crippen LogP contribution in [0.15, 0.2) is 12.3 Å². The Balaban J connectivity index is 3.38. The van der Waals surface area contributed by atoms with Gasteiger partial charge < -0.3 is 0 Å². The smallest absolute Gasteiger partial charge is 0.233 e. The SMILES string of the molecule is CCN(c1ncc(Cl)cc1C#N)S(C)(=O)=O. The van der Waals surface area contributed by atoms with Gasteiger partial charge in [0.05, 0.1) is 16.8 Å². The van der Waals surface area contributed by atoms with Gasteiger partial charge in [-0.15, -0.1) is 0 Å². The van der Waals surface area contributed by atoms with Gasteiger partial charge in [0, 0.05) is 12.7 Å². The van der Waals surface area contributed by atoms with Crippen LogP contribution in [0.1, 0.15) is 12.5 Å². The average molecular weight is 260 g/mol. The van der Waals surface area contributed by atoms with E-state index in [0.29, 0.717) is 5.02 Å². The molecular weight excluding hydrogens is 250 g/mol. The molecule has 5 nitrogen and oxygen atoms in total. The fourth-order valence-corrected chi connectivity index (χ4v) is 2.34. The summed E-state index contributed by atoms with van der Waals surface area (Å²) in [6.45, 7) is 1.88. The van der Waals surface area contributed by atoms with Crippen molar-refractivity contribution in [3.8, 4) is 6.07 Å². The first kappa shape index (κ1) is 12.7. The van der Waals surface area contributed by atoms with Crippen LogP contribution in [0.4, 0.5) is 5.82 Å². The Kier molecular flexibility index (Phi) is 3.73. The third-order valence-electron chi connectivity index (χ3n) is 1.88. The molecule has 0 amide bonds. The van der Waals surface area contributed by atoms with Crippen LogP contribution < -0.4 is 4.31 Å². The van der Waals surface area contributed by atoms with E-state index in [-0.39, 0.29) is 17.9 Å². The molecule has 0 atom stereocenters. The maximum atomic E-state index is 11.5. The molecule has 0 aliphatic heterocycles. The molecule has 1 heterocycles. The quantitative estimate of drug-likeness (QED) is 0.822. The van der Waals surface area contributed by atoms with Gasteiger partial charge in [-0.2, -0.15) is 5.26 Å². The van der Waals surface area contributed by atoms with Crippen molar-refractivity contribution >= 4 is 27.4 Å². The number of rotatable bonds is 3. The molecule has 0 aliphatic carbocycles. The lowest BCUT2D eigenvalue weighted by atomic mass is 10.3. The molecule has 0 fully saturated rings. The van der Waals surface area contributed by atoms with Crippen LogP contribution in [0, 0.1) is 11.3 Å². The summed E-state index contributed by atoms with van der Waals surface area (Å²) in [5.41, 5.74) is 0.139. The molecule has 7 heteroatoms. The Bertz CT molecular complexity index is 536. The molecule has 16 heavy (non-hydrogen) atoms. The minimum atomic E-state index is -3.44. The predicted molar refractivity (Wildman–Crippen MR) is 61.8 cm³/mol. The summed E-state index contributed by atoms with van der Waals surface area (Å²) in [6.07, 6.45) is 2.37. The highest BCUT2D eigenvalue weighted by Gasteiger charge is 2.20. The van der Waals surface area contributed by atoms with Gasteiger partial charge in [-0.05, 0) is 13.0 Å². The highest BCUT2D eigenvalue weighted by molar-refractivity contribution is 7.92. The summed E-state index contributed by atoms with van der Waals surface area (Å²) < 4.78 is 24.0. The fourth-order valence-electron chi connectivity index (χ4n) is 1.25. The van der Waals surface area contributed by atoms with E-state index >= 15 is 0 Å². The summed E-state index contributed by atoms with van der Waals surface area (Å²) in [6, 6.07) is 3.26. The normalized spacial score (nSPS) is 10.9. The highest BCUT2D eigenvalue weighted by Crippen LogP contribution is 2.22. The third-order valence-corrected chi connectivity index (χ3v) is 3.32. The number of aromatic nitrogens is 1. The molecule has 0 bridgehead atoms. The Labute approximate surface area is 99.3 Å². The average Bonchev–Trinajstić information content (AvgIpc) is 2.19. The van der Waals surface area contributed by atoms with Crippen molar-refractivity contribution in [2.75, 3.05) is 17.1 Å². The molecule has 0 unspecified atom stereocenters. The van der Waals surface area contributed by atoms with Crippen LogP contribution in [-0.2, 0) is 10.0 Å². The number of nitriles is 1. The maximum absolute atomic E-state index is 11.5. The topological polar surface area (TPSA) is 74.1 Å². The van der Waals surface area contributed by atoms with E-state index in [9.17, 15) is 8.42 Å². The lowest BCUT2D eigenvalue weighted by Gasteiger charge is -2.19. The molecule has 0 radical (unpaired) electrons. The monoisotopic (exact) mass is 259 g/mol. The van der Waals surface area contributed by atoms with Crippen LogP contribution in [0.2, 0.25) is 5.02 Å². The number of anilines is 1. The van der Waals surface area contributed by atoms with Crippen LogP contribution in [0.25, 0.3) is 0 Å². The number of sulfonamides is 1. The van der Waals surface area contributed by atoms with E-state index in [1.807, 2.05) is 6.07 Å². The van der Waals surface area contributed by atoms with Crippen molar-refractivity contribution in [2.45, 2.75) is 6.92 Å². The summed E-state index contributed by atoms with van der Waals surface area (Å²) >= 11 is 5.68. The first-order valence-corrected chi connectivity index (χ1v) is 6.66. The van der Waals surface area contributed by atoms with Crippen molar-refractivity contribution in [2.24, 2.45) is 0 Å². The molecule has 0 spiro atoms. The molecule has 86 valence electrons. The molecule has 1 rings (SSSR count). The van der Waals surface area contributed by atoms with Crippen LogP contribution in [0.5, 0.6) is 0 Å². The van der Waals surface area contributed by atoms with Crippen molar-refractivity contribution in [1.29, 1.82) is 5.26 Å². The summed E-state index contributed by atoms with van der Waals surface area (Å²) in [5.74, 6) is 0.108.